The molecule has 3 aromatic rings. The first-order chi connectivity index (χ1) is 16.9. The minimum absolute atomic E-state index is 0.157. The normalized spacial score (nSPS) is 11.5. The SMILES string of the molecule is CCCN(C(=O)N[C@@H](CSCc1ccccc1)C(=O)O)C(=O)c1cccc(-c2ccccc2Cl)c1. The Morgan fingerprint density at radius 3 is 2.40 bits per heavy atom. The Balaban J connectivity index is 1.72. The highest BCUT2D eigenvalue weighted by atomic mass is 35.5. The lowest BCUT2D eigenvalue weighted by Crippen LogP contribution is -2.51. The third-order valence-electron chi connectivity index (χ3n) is 5.22. The number of nitrogens with zero attached hydrogens (tertiary/aromatic N) is 1. The summed E-state index contributed by atoms with van der Waals surface area (Å²) >= 11 is 7.71. The molecule has 0 bridgehead atoms. The van der Waals surface area contributed by atoms with Crippen LogP contribution in [-0.2, 0) is 10.5 Å². The number of urea groups is 1. The molecule has 3 rings (SSSR count). The van der Waals surface area contributed by atoms with Crippen LogP contribution >= 0.6 is 23.4 Å². The van der Waals surface area contributed by atoms with E-state index in [1.165, 1.54) is 11.8 Å². The number of carboxylic acids is 1. The van der Waals surface area contributed by atoms with Gasteiger partial charge in [-0.15, -0.1) is 0 Å². The molecule has 0 aliphatic heterocycles. The first-order valence-corrected chi connectivity index (χ1v) is 12.8. The van der Waals surface area contributed by atoms with Gasteiger partial charge in [-0.3, -0.25) is 9.69 Å². The van der Waals surface area contributed by atoms with Crippen LogP contribution < -0.4 is 5.32 Å². The van der Waals surface area contributed by atoms with Crippen LogP contribution in [0.4, 0.5) is 4.79 Å². The Hall–Kier alpha value is -3.29. The van der Waals surface area contributed by atoms with Gasteiger partial charge in [-0.05, 0) is 35.7 Å². The van der Waals surface area contributed by atoms with Gasteiger partial charge < -0.3 is 10.4 Å². The molecule has 1 atom stereocenters. The molecule has 0 saturated carbocycles. The van der Waals surface area contributed by atoms with E-state index in [0.717, 1.165) is 21.6 Å². The van der Waals surface area contributed by atoms with Crippen molar-refractivity contribution in [2.75, 3.05) is 12.3 Å². The summed E-state index contributed by atoms with van der Waals surface area (Å²) < 4.78 is 0. The lowest BCUT2D eigenvalue weighted by atomic mass is 10.0. The molecular formula is C27H27ClN2O4S. The zero-order valence-corrected chi connectivity index (χ0v) is 20.9. The van der Waals surface area contributed by atoms with Gasteiger partial charge in [0.2, 0.25) is 0 Å². The van der Waals surface area contributed by atoms with Gasteiger partial charge in [0.25, 0.3) is 5.91 Å². The highest BCUT2D eigenvalue weighted by Crippen LogP contribution is 2.28. The second kappa shape index (κ2) is 13.0. The maximum absolute atomic E-state index is 13.3. The average molecular weight is 511 g/mol. The fraction of sp³-hybridized carbons (Fsp3) is 0.222. The van der Waals surface area contributed by atoms with E-state index in [9.17, 15) is 19.5 Å². The van der Waals surface area contributed by atoms with E-state index in [2.05, 4.69) is 5.32 Å². The smallest absolute Gasteiger partial charge is 0.327 e. The Morgan fingerprint density at radius 2 is 1.71 bits per heavy atom. The lowest BCUT2D eigenvalue weighted by molar-refractivity contribution is -0.138. The number of carbonyl (C=O) groups is 3. The minimum Gasteiger partial charge on any atom is -0.480 e. The molecule has 3 amide bonds. The molecule has 3 aromatic carbocycles. The Bertz CT molecular complexity index is 1170. The standard InChI is InChI=1S/C27H27ClN2O4S/c1-2-15-30(25(31)21-12-8-11-20(16-21)22-13-6-7-14-23(22)28)27(34)29-24(26(32)33)18-35-17-19-9-4-3-5-10-19/h3-14,16,24H,2,15,17-18H2,1H3,(H,29,34)(H,32,33)/t24-/m0/s1. The first kappa shape index (κ1) is 26.3. The maximum atomic E-state index is 13.3. The Labute approximate surface area is 214 Å². The van der Waals surface area contributed by atoms with Crippen molar-refractivity contribution < 1.29 is 19.5 Å². The van der Waals surface area contributed by atoms with Crippen molar-refractivity contribution in [1.82, 2.24) is 10.2 Å². The first-order valence-electron chi connectivity index (χ1n) is 11.2. The van der Waals surface area contributed by atoms with E-state index in [1.807, 2.05) is 61.5 Å². The number of hydrogen-bond acceptors (Lipinski definition) is 4. The maximum Gasteiger partial charge on any atom is 0.327 e. The summed E-state index contributed by atoms with van der Waals surface area (Å²) in [5.74, 6) is -0.859. The molecule has 0 aromatic heterocycles. The molecule has 0 radical (unpaired) electrons. The fourth-order valence-electron chi connectivity index (χ4n) is 3.46. The second-order valence-corrected chi connectivity index (χ2v) is 9.30. The lowest BCUT2D eigenvalue weighted by Gasteiger charge is -2.23. The molecule has 0 heterocycles. The van der Waals surface area contributed by atoms with Gasteiger partial charge in [0.1, 0.15) is 6.04 Å². The van der Waals surface area contributed by atoms with E-state index in [-0.39, 0.29) is 12.3 Å². The number of hydrogen-bond donors (Lipinski definition) is 2. The predicted octanol–water partition coefficient (Wildman–Crippen LogP) is 5.96. The zero-order valence-electron chi connectivity index (χ0n) is 19.3. The topological polar surface area (TPSA) is 86.7 Å². The van der Waals surface area contributed by atoms with Crippen molar-refractivity contribution in [2.24, 2.45) is 0 Å². The van der Waals surface area contributed by atoms with E-state index < -0.39 is 23.9 Å². The Kier molecular flexibility index (Phi) is 9.76. The minimum atomic E-state index is -1.15. The van der Waals surface area contributed by atoms with Crippen LogP contribution in [0.25, 0.3) is 11.1 Å². The van der Waals surface area contributed by atoms with Crippen LogP contribution in [0.1, 0.15) is 29.3 Å². The molecule has 0 saturated heterocycles. The molecule has 0 fully saturated rings. The van der Waals surface area contributed by atoms with Crippen molar-refractivity contribution in [3.05, 3.63) is 95.0 Å². The molecule has 2 N–H and O–H groups in total. The summed E-state index contributed by atoms with van der Waals surface area (Å²) in [5.41, 5.74) is 2.90. The largest absolute Gasteiger partial charge is 0.480 e. The summed E-state index contributed by atoms with van der Waals surface area (Å²) in [6, 6.07) is 22.0. The molecule has 8 heteroatoms. The van der Waals surface area contributed by atoms with Gasteiger partial charge in [0.05, 0.1) is 0 Å². The van der Waals surface area contributed by atoms with E-state index >= 15 is 0 Å². The zero-order chi connectivity index (χ0) is 25.2. The highest BCUT2D eigenvalue weighted by Gasteiger charge is 2.27. The quantitative estimate of drug-likeness (QED) is 0.351. The number of thioether (sulfide) groups is 1. The number of carboxylic acid groups (broad SMARTS) is 1. The van der Waals surface area contributed by atoms with Crippen LogP contribution in [0.5, 0.6) is 0 Å². The van der Waals surface area contributed by atoms with Crippen molar-refractivity contribution in [1.29, 1.82) is 0 Å². The third-order valence-corrected chi connectivity index (χ3v) is 6.66. The number of rotatable bonds is 10. The van der Waals surface area contributed by atoms with Crippen molar-refractivity contribution in [3.8, 4) is 11.1 Å². The van der Waals surface area contributed by atoms with Crippen LogP contribution in [-0.4, -0.2) is 46.3 Å². The van der Waals surface area contributed by atoms with E-state index in [4.69, 9.17) is 11.6 Å². The number of amides is 3. The number of imide groups is 1. The van der Waals surface area contributed by atoms with Gasteiger partial charge in [0.15, 0.2) is 0 Å². The van der Waals surface area contributed by atoms with Crippen molar-refractivity contribution in [2.45, 2.75) is 25.1 Å². The number of benzene rings is 3. The average Bonchev–Trinajstić information content (AvgIpc) is 2.87. The summed E-state index contributed by atoms with van der Waals surface area (Å²) in [4.78, 5) is 39.1. The number of nitrogens with one attached hydrogen (secondary N) is 1. The highest BCUT2D eigenvalue weighted by molar-refractivity contribution is 7.98. The second-order valence-electron chi connectivity index (χ2n) is 7.86. The van der Waals surface area contributed by atoms with Crippen molar-refractivity contribution >= 4 is 41.3 Å². The fourth-order valence-corrected chi connectivity index (χ4v) is 4.71. The molecule has 6 nitrogen and oxygen atoms in total. The molecule has 0 aliphatic carbocycles. The van der Waals surface area contributed by atoms with Crippen LogP contribution in [0.15, 0.2) is 78.9 Å². The summed E-state index contributed by atoms with van der Waals surface area (Å²) in [6.07, 6.45) is 0.532. The number of carbonyl (C=O) groups excluding carboxylic acids is 2. The molecule has 0 aliphatic rings. The molecule has 182 valence electrons. The number of halogens is 1. The molecule has 0 spiro atoms. The summed E-state index contributed by atoms with van der Waals surface area (Å²) in [7, 11) is 0. The van der Waals surface area contributed by atoms with Gasteiger partial charge in [-0.1, -0.05) is 79.2 Å². The molecule has 0 unspecified atom stereocenters. The molecular weight excluding hydrogens is 484 g/mol. The number of aliphatic carboxylic acids is 1. The van der Waals surface area contributed by atoms with Gasteiger partial charge in [-0.2, -0.15) is 11.8 Å². The van der Waals surface area contributed by atoms with Crippen LogP contribution in [0.2, 0.25) is 5.02 Å². The van der Waals surface area contributed by atoms with Crippen LogP contribution in [0, 0.1) is 0 Å². The third kappa shape index (κ3) is 7.34. The Morgan fingerprint density at radius 1 is 1.00 bits per heavy atom. The van der Waals surface area contributed by atoms with Gasteiger partial charge in [-0.25, -0.2) is 9.59 Å². The van der Waals surface area contributed by atoms with Crippen molar-refractivity contribution in [3.63, 3.8) is 0 Å². The van der Waals surface area contributed by atoms with Gasteiger partial charge >= 0.3 is 12.0 Å². The van der Waals surface area contributed by atoms with Crippen LogP contribution in [0.3, 0.4) is 0 Å². The summed E-state index contributed by atoms with van der Waals surface area (Å²) in [5, 5.41) is 12.7. The molecule has 35 heavy (non-hydrogen) atoms. The summed E-state index contributed by atoms with van der Waals surface area (Å²) in [6.45, 7) is 2.00. The van der Waals surface area contributed by atoms with Gasteiger partial charge in [0, 0.05) is 34.2 Å². The monoisotopic (exact) mass is 510 g/mol. The van der Waals surface area contributed by atoms with E-state index in [0.29, 0.717) is 22.8 Å². The predicted molar refractivity (Wildman–Crippen MR) is 141 cm³/mol. The van der Waals surface area contributed by atoms with E-state index in [1.54, 1.807) is 24.3 Å².